The van der Waals surface area contributed by atoms with Crippen molar-refractivity contribution in [2.24, 2.45) is 0 Å². The number of carboxylic acids is 1. The molecule has 6 nitrogen and oxygen atoms in total. The Bertz CT molecular complexity index is 1430. The number of ether oxygens (including phenoxy) is 1. The summed E-state index contributed by atoms with van der Waals surface area (Å²) in [6, 6.07) is 18.7. The van der Waals surface area contributed by atoms with Crippen molar-refractivity contribution in [1.29, 1.82) is 0 Å². The number of aromatic amines is 1. The van der Waals surface area contributed by atoms with E-state index in [2.05, 4.69) is 15.0 Å². The van der Waals surface area contributed by atoms with Crippen molar-refractivity contribution < 1.29 is 32.6 Å². The molecule has 0 aliphatic carbocycles. The van der Waals surface area contributed by atoms with Gasteiger partial charge in [0, 0.05) is 34.6 Å². The van der Waals surface area contributed by atoms with E-state index in [9.17, 15) is 22.8 Å². The molecule has 0 spiro atoms. The number of carbonyl (C=O) groups excluding carboxylic acids is 1. The van der Waals surface area contributed by atoms with Gasteiger partial charge in [0.25, 0.3) is 5.91 Å². The van der Waals surface area contributed by atoms with E-state index in [-0.39, 0.29) is 42.0 Å². The van der Waals surface area contributed by atoms with Crippen molar-refractivity contribution in [2.45, 2.75) is 31.5 Å². The van der Waals surface area contributed by atoms with Crippen molar-refractivity contribution in [2.75, 3.05) is 6.54 Å². The zero-order valence-electron chi connectivity index (χ0n) is 20.2. The van der Waals surface area contributed by atoms with Gasteiger partial charge in [-0.25, -0.2) is 0 Å². The van der Waals surface area contributed by atoms with E-state index in [0.29, 0.717) is 16.0 Å². The number of alkyl halides is 3. The quantitative estimate of drug-likeness (QED) is 0.215. The first kappa shape index (κ1) is 27.1. The standard InChI is InChI=1S/C28H24ClF3N2O4/c1-16(17-5-7-19(8-6-17)27(37)33-14-13-24(35)36)25(18-9-11-20(29)12-10-18)22-15-34-26-21(22)3-2-4-23(26)38-28(30,31)32/h2-12,15-16,25,34H,13-14H2,1H3,(H,33,37)(H,35,36). The van der Waals surface area contributed by atoms with Crippen LogP contribution in [0.15, 0.2) is 72.9 Å². The Labute approximate surface area is 221 Å². The first-order valence-electron chi connectivity index (χ1n) is 11.7. The number of fused-ring (bicyclic) bond motifs is 1. The number of carbonyl (C=O) groups is 2. The van der Waals surface area contributed by atoms with Gasteiger partial charge in [-0.05, 0) is 52.9 Å². The summed E-state index contributed by atoms with van der Waals surface area (Å²) in [5.74, 6) is -2.14. The topological polar surface area (TPSA) is 91.4 Å². The largest absolute Gasteiger partial charge is 0.573 e. The highest BCUT2D eigenvalue weighted by Crippen LogP contribution is 2.43. The first-order chi connectivity index (χ1) is 18.0. The van der Waals surface area contributed by atoms with Gasteiger partial charge in [0.1, 0.15) is 0 Å². The summed E-state index contributed by atoms with van der Waals surface area (Å²) in [5, 5.41) is 12.5. The molecule has 2 unspecified atom stereocenters. The molecule has 4 aromatic rings. The summed E-state index contributed by atoms with van der Waals surface area (Å²) < 4.78 is 43.2. The molecule has 0 radical (unpaired) electrons. The van der Waals surface area contributed by atoms with Crippen LogP contribution in [-0.2, 0) is 4.79 Å². The molecule has 10 heteroatoms. The van der Waals surface area contributed by atoms with Gasteiger partial charge in [0.05, 0.1) is 11.9 Å². The fourth-order valence-corrected chi connectivity index (χ4v) is 4.66. The summed E-state index contributed by atoms with van der Waals surface area (Å²) >= 11 is 6.12. The number of aromatic nitrogens is 1. The Morgan fingerprint density at radius 2 is 1.68 bits per heavy atom. The number of aliphatic carboxylic acids is 1. The molecular formula is C28H24ClF3N2O4. The predicted octanol–water partition coefficient (Wildman–Crippen LogP) is 6.86. The average Bonchev–Trinajstić information content (AvgIpc) is 3.29. The van der Waals surface area contributed by atoms with Crippen LogP contribution in [0.4, 0.5) is 13.2 Å². The molecule has 1 aromatic heterocycles. The lowest BCUT2D eigenvalue weighted by atomic mass is 9.78. The Morgan fingerprint density at radius 3 is 2.32 bits per heavy atom. The van der Waals surface area contributed by atoms with Gasteiger partial charge < -0.3 is 20.1 Å². The number of amides is 1. The summed E-state index contributed by atoms with van der Waals surface area (Å²) in [5.41, 5.74) is 3.19. The van der Waals surface area contributed by atoms with E-state index in [1.807, 2.05) is 31.2 Å². The fraction of sp³-hybridized carbons (Fsp3) is 0.214. The van der Waals surface area contributed by atoms with Crippen LogP contribution >= 0.6 is 11.6 Å². The first-order valence-corrected chi connectivity index (χ1v) is 12.1. The third-order valence-electron chi connectivity index (χ3n) is 6.32. The van der Waals surface area contributed by atoms with Crippen LogP contribution in [0.25, 0.3) is 10.9 Å². The van der Waals surface area contributed by atoms with Crippen LogP contribution in [0.2, 0.25) is 5.02 Å². The Morgan fingerprint density at radius 1 is 1.03 bits per heavy atom. The second-order valence-electron chi connectivity index (χ2n) is 8.81. The van der Waals surface area contributed by atoms with Crippen molar-refractivity contribution in [3.63, 3.8) is 0 Å². The van der Waals surface area contributed by atoms with Crippen LogP contribution in [-0.4, -0.2) is 34.9 Å². The Balaban J connectivity index is 1.69. The number of hydrogen-bond donors (Lipinski definition) is 3. The molecule has 1 heterocycles. The van der Waals surface area contributed by atoms with Crippen LogP contribution in [0, 0.1) is 0 Å². The third-order valence-corrected chi connectivity index (χ3v) is 6.57. The molecule has 0 aliphatic heterocycles. The van der Waals surface area contributed by atoms with Gasteiger partial charge in [0.2, 0.25) is 0 Å². The third kappa shape index (κ3) is 6.28. The SMILES string of the molecule is CC(c1ccc(C(=O)NCCC(=O)O)cc1)C(c1ccc(Cl)cc1)c1c[nH]c2c(OC(F)(F)F)cccc12. The average molecular weight is 545 g/mol. The predicted molar refractivity (Wildman–Crippen MR) is 138 cm³/mol. The van der Waals surface area contributed by atoms with Gasteiger partial charge in [-0.15, -0.1) is 13.2 Å². The van der Waals surface area contributed by atoms with Crippen molar-refractivity contribution in [3.8, 4) is 5.75 Å². The maximum atomic E-state index is 13.0. The second-order valence-corrected chi connectivity index (χ2v) is 9.25. The maximum absolute atomic E-state index is 13.0. The van der Waals surface area contributed by atoms with Crippen LogP contribution in [0.3, 0.4) is 0 Å². The minimum Gasteiger partial charge on any atom is -0.481 e. The molecule has 38 heavy (non-hydrogen) atoms. The highest BCUT2D eigenvalue weighted by Gasteiger charge is 2.33. The van der Waals surface area contributed by atoms with Gasteiger partial charge in [-0.2, -0.15) is 0 Å². The second kappa shape index (κ2) is 11.2. The molecule has 0 saturated carbocycles. The van der Waals surface area contributed by atoms with E-state index >= 15 is 0 Å². The number of halogens is 4. The zero-order chi connectivity index (χ0) is 27.4. The van der Waals surface area contributed by atoms with Crippen molar-refractivity contribution >= 4 is 34.4 Å². The molecule has 4 rings (SSSR count). The van der Waals surface area contributed by atoms with E-state index in [0.717, 1.165) is 16.7 Å². The fourth-order valence-electron chi connectivity index (χ4n) is 4.54. The highest BCUT2D eigenvalue weighted by atomic mass is 35.5. The summed E-state index contributed by atoms with van der Waals surface area (Å²) in [6.07, 6.45) is -3.32. The van der Waals surface area contributed by atoms with E-state index in [4.69, 9.17) is 16.7 Å². The monoisotopic (exact) mass is 544 g/mol. The molecular weight excluding hydrogens is 521 g/mol. The molecule has 2 atom stereocenters. The van der Waals surface area contributed by atoms with Crippen molar-refractivity contribution in [3.05, 3.63) is 100 Å². The number of hydrogen-bond acceptors (Lipinski definition) is 3. The van der Waals surface area contributed by atoms with Crippen LogP contribution < -0.4 is 10.1 Å². The lowest BCUT2D eigenvalue weighted by Crippen LogP contribution is -2.26. The number of rotatable bonds is 9. The molecule has 198 valence electrons. The van der Waals surface area contributed by atoms with Crippen LogP contribution in [0.1, 0.15) is 52.2 Å². The molecule has 3 aromatic carbocycles. The van der Waals surface area contributed by atoms with E-state index in [1.165, 1.54) is 12.1 Å². The maximum Gasteiger partial charge on any atom is 0.573 e. The smallest absolute Gasteiger partial charge is 0.481 e. The number of benzene rings is 3. The normalized spacial score (nSPS) is 13.2. The zero-order valence-corrected chi connectivity index (χ0v) is 20.9. The molecule has 3 N–H and O–H groups in total. The summed E-state index contributed by atoms with van der Waals surface area (Å²) in [4.78, 5) is 26.0. The summed E-state index contributed by atoms with van der Waals surface area (Å²) in [7, 11) is 0. The van der Waals surface area contributed by atoms with Crippen molar-refractivity contribution in [1.82, 2.24) is 10.3 Å². The molecule has 0 aliphatic rings. The minimum absolute atomic E-state index is 0.0194. The number of para-hydroxylation sites is 1. The van der Waals surface area contributed by atoms with Crippen LogP contribution in [0.5, 0.6) is 5.75 Å². The Kier molecular flexibility index (Phi) is 7.97. The van der Waals surface area contributed by atoms with Gasteiger partial charge in [-0.1, -0.05) is 54.9 Å². The summed E-state index contributed by atoms with van der Waals surface area (Å²) in [6.45, 7) is 2.02. The number of nitrogens with one attached hydrogen (secondary N) is 2. The molecule has 1 amide bonds. The molecule has 0 saturated heterocycles. The minimum atomic E-state index is -4.83. The molecule has 0 fully saturated rings. The highest BCUT2D eigenvalue weighted by molar-refractivity contribution is 6.30. The number of carboxylic acid groups (broad SMARTS) is 1. The lowest BCUT2D eigenvalue weighted by Gasteiger charge is -2.25. The van der Waals surface area contributed by atoms with E-state index < -0.39 is 12.3 Å². The van der Waals surface area contributed by atoms with Gasteiger partial charge in [0.15, 0.2) is 5.75 Å². The van der Waals surface area contributed by atoms with Gasteiger partial charge >= 0.3 is 12.3 Å². The van der Waals surface area contributed by atoms with Gasteiger partial charge in [-0.3, -0.25) is 9.59 Å². The lowest BCUT2D eigenvalue weighted by molar-refractivity contribution is -0.274. The number of H-pyrrole nitrogens is 1. The van der Waals surface area contributed by atoms with E-state index in [1.54, 1.807) is 36.5 Å². The molecule has 0 bridgehead atoms. The Hall–Kier alpha value is -3.98.